The zero-order valence-corrected chi connectivity index (χ0v) is 10.5. The van der Waals surface area contributed by atoms with Gasteiger partial charge in [0.05, 0.1) is 28.1 Å². The van der Waals surface area contributed by atoms with Gasteiger partial charge in [0, 0.05) is 6.07 Å². The minimum atomic E-state index is -0.873. The van der Waals surface area contributed by atoms with Crippen LogP contribution in [0.3, 0.4) is 0 Å². The van der Waals surface area contributed by atoms with E-state index in [1.54, 1.807) is 0 Å². The van der Waals surface area contributed by atoms with Gasteiger partial charge in [-0.1, -0.05) is 23.2 Å². The molecule has 94 valence electrons. The lowest BCUT2D eigenvalue weighted by Crippen LogP contribution is -2.12. The van der Waals surface area contributed by atoms with E-state index in [1.165, 1.54) is 13.2 Å². The highest BCUT2D eigenvalue weighted by Crippen LogP contribution is 2.29. The molecule has 4 nitrogen and oxygen atoms in total. The molecule has 0 spiro atoms. The van der Waals surface area contributed by atoms with Crippen LogP contribution in [0.4, 0.5) is 4.39 Å². The lowest BCUT2D eigenvalue weighted by Gasteiger charge is -2.06. The van der Waals surface area contributed by atoms with E-state index in [4.69, 9.17) is 23.2 Å². The Labute approximate surface area is 110 Å². The molecule has 0 amide bonds. The van der Waals surface area contributed by atoms with Gasteiger partial charge in [0.2, 0.25) is 0 Å². The molecule has 0 aliphatic rings. The lowest BCUT2D eigenvalue weighted by molar-refractivity contribution is 0.0594. The fraction of sp³-hybridized carbons (Fsp3) is 0.0909. The first-order valence-corrected chi connectivity index (χ1v) is 5.50. The Morgan fingerprint density at radius 3 is 2.67 bits per heavy atom. The van der Waals surface area contributed by atoms with Crippen LogP contribution in [0.1, 0.15) is 10.5 Å². The second-order valence-corrected chi connectivity index (χ2v) is 4.23. The smallest absolute Gasteiger partial charge is 0.354 e. The van der Waals surface area contributed by atoms with Gasteiger partial charge in [0.25, 0.3) is 0 Å². The quantitative estimate of drug-likeness (QED) is 0.649. The van der Waals surface area contributed by atoms with Gasteiger partial charge in [-0.3, -0.25) is 4.79 Å². The molecule has 1 N–H and O–H groups in total. The molecule has 7 heteroatoms. The summed E-state index contributed by atoms with van der Waals surface area (Å²) in [5, 5.41) is -0.688. The maximum atomic E-state index is 13.5. The van der Waals surface area contributed by atoms with Crippen molar-refractivity contribution in [1.29, 1.82) is 0 Å². The van der Waals surface area contributed by atoms with Crippen LogP contribution >= 0.6 is 23.2 Å². The highest BCUT2D eigenvalue weighted by molar-refractivity contribution is 6.38. The number of carbonyl (C=O) groups excluding carboxylic acids is 1. The number of rotatable bonds is 1. The summed E-state index contributed by atoms with van der Waals surface area (Å²) in [6.07, 6.45) is 0. The Morgan fingerprint density at radius 2 is 2.06 bits per heavy atom. The van der Waals surface area contributed by atoms with E-state index in [0.717, 1.165) is 6.07 Å². The van der Waals surface area contributed by atoms with Crippen molar-refractivity contribution in [3.05, 3.63) is 43.9 Å². The SMILES string of the molecule is COC(=O)c1cc(=O)c2c(Cl)c(F)c(Cl)cc2[nH]1. The normalized spacial score (nSPS) is 10.7. The first-order chi connectivity index (χ1) is 8.45. The van der Waals surface area contributed by atoms with E-state index in [1.807, 2.05) is 0 Å². The van der Waals surface area contributed by atoms with E-state index in [0.29, 0.717) is 0 Å². The van der Waals surface area contributed by atoms with E-state index in [9.17, 15) is 14.0 Å². The van der Waals surface area contributed by atoms with Gasteiger partial charge in [-0.25, -0.2) is 9.18 Å². The minimum absolute atomic E-state index is 0.0614. The number of H-pyrrole nitrogens is 1. The van der Waals surface area contributed by atoms with Gasteiger partial charge in [-0.2, -0.15) is 0 Å². The number of aromatic amines is 1. The highest BCUT2D eigenvalue weighted by Gasteiger charge is 2.16. The molecule has 0 aliphatic carbocycles. The molecule has 0 unspecified atom stereocenters. The summed E-state index contributed by atoms with van der Waals surface area (Å²) < 4.78 is 17.9. The number of nitrogens with one attached hydrogen (secondary N) is 1. The van der Waals surface area contributed by atoms with Crippen molar-refractivity contribution < 1.29 is 13.9 Å². The van der Waals surface area contributed by atoms with Gasteiger partial charge in [-0.05, 0) is 6.07 Å². The third-order valence-electron chi connectivity index (χ3n) is 2.36. The van der Waals surface area contributed by atoms with Crippen molar-refractivity contribution >= 4 is 40.1 Å². The number of halogens is 3. The number of carbonyl (C=O) groups is 1. The largest absolute Gasteiger partial charge is 0.464 e. The summed E-state index contributed by atoms with van der Waals surface area (Å²) in [6.45, 7) is 0. The second-order valence-electron chi connectivity index (χ2n) is 3.45. The number of ether oxygens (including phenoxy) is 1. The van der Waals surface area contributed by atoms with Crippen LogP contribution in [0.25, 0.3) is 10.9 Å². The van der Waals surface area contributed by atoms with Crippen LogP contribution < -0.4 is 5.43 Å². The second kappa shape index (κ2) is 4.59. The fourth-order valence-corrected chi connectivity index (χ4v) is 2.09. The first-order valence-electron chi connectivity index (χ1n) is 4.74. The van der Waals surface area contributed by atoms with Crippen LogP contribution in [0.5, 0.6) is 0 Å². The van der Waals surface area contributed by atoms with Crippen molar-refractivity contribution in [1.82, 2.24) is 4.98 Å². The van der Waals surface area contributed by atoms with Crippen LogP contribution in [-0.4, -0.2) is 18.1 Å². The molecule has 1 aromatic carbocycles. The number of aromatic nitrogens is 1. The average Bonchev–Trinajstić information content (AvgIpc) is 2.34. The number of benzene rings is 1. The van der Waals surface area contributed by atoms with Gasteiger partial charge in [0.15, 0.2) is 11.2 Å². The number of hydrogen-bond acceptors (Lipinski definition) is 3. The molecule has 0 saturated carbocycles. The topological polar surface area (TPSA) is 59.2 Å². The Bertz CT molecular complexity index is 711. The van der Waals surface area contributed by atoms with Crippen molar-refractivity contribution in [3.63, 3.8) is 0 Å². The van der Waals surface area contributed by atoms with Crippen LogP contribution in [0.15, 0.2) is 16.9 Å². The molecule has 1 aromatic heterocycles. The Balaban J connectivity index is 2.87. The van der Waals surface area contributed by atoms with Gasteiger partial charge < -0.3 is 9.72 Å². The van der Waals surface area contributed by atoms with E-state index < -0.39 is 17.2 Å². The van der Waals surface area contributed by atoms with Crippen LogP contribution in [0.2, 0.25) is 10.0 Å². The first kappa shape index (κ1) is 12.9. The van der Waals surface area contributed by atoms with Crippen molar-refractivity contribution in [2.75, 3.05) is 7.11 Å². The van der Waals surface area contributed by atoms with Crippen molar-refractivity contribution in [2.24, 2.45) is 0 Å². The third kappa shape index (κ3) is 1.95. The molecule has 0 aliphatic heterocycles. The average molecular weight is 290 g/mol. The molecule has 2 aromatic rings. The van der Waals surface area contributed by atoms with Gasteiger partial charge >= 0.3 is 5.97 Å². The highest BCUT2D eigenvalue weighted by atomic mass is 35.5. The number of methoxy groups -OCH3 is 1. The number of fused-ring (bicyclic) bond motifs is 1. The standard InChI is InChI=1S/C11H6Cl2FNO3/c1-18-11(17)6-3-7(16)8-5(15-6)2-4(12)10(14)9(8)13/h2-3H,1H3,(H,15,16). The monoisotopic (exact) mass is 289 g/mol. The van der Waals surface area contributed by atoms with Crippen LogP contribution in [0, 0.1) is 5.82 Å². The minimum Gasteiger partial charge on any atom is -0.464 e. The maximum Gasteiger partial charge on any atom is 0.354 e. The van der Waals surface area contributed by atoms with E-state index in [2.05, 4.69) is 9.72 Å². The molecular formula is C11H6Cl2FNO3. The molecule has 0 atom stereocenters. The summed E-state index contributed by atoms with van der Waals surface area (Å²) >= 11 is 11.3. The molecule has 0 radical (unpaired) electrons. The van der Waals surface area contributed by atoms with Gasteiger partial charge in [-0.15, -0.1) is 0 Å². The molecule has 18 heavy (non-hydrogen) atoms. The molecule has 0 fully saturated rings. The Kier molecular flexibility index (Phi) is 3.28. The lowest BCUT2D eigenvalue weighted by atomic mass is 10.2. The predicted octanol–water partition coefficient (Wildman–Crippen LogP) is 2.76. The Hall–Kier alpha value is -1.59. The molecule has 0 saturated heterocycles. The summed E-state index contributed by atoms with van der Waals surface area (Å²) in [5.41, 5.74) is -0.488. The zero-order chi connectivity index (χ0) is 13.4. The number of esters is 1. The predicted molar refractivity (Wildman–Crippen MR) is 65.9 cm³/mol. The third-order valence-corrected chi connectivity index (χ3v) is 2.99. The molecule has 2 rings (SSSR count). The van der Waals surface area contributed by atoms with Crippen LogP contribution in [-0.2, 0) is 4.74 Å². The fourth-order valence-electron chi connectivity index (χ4n) is 1.54. The summed E-state index contributed by atoms with van der Waals surface area (Å²) in [4.78, 5) is 25.7. The number of hydrogen-bond donors (Lipinski definition) is 1. The maximum absolute atomic E-state index is 13.5. The summed E-state index contributed by atoms with van der Waals surface area (Å²) in [7, 11) is 1.18. The molecular weight excluding hydrogens is 284 g/mol. The zero-order valence-electron chi connectivity index (χ0n) is 9.01. The summed E-state index contributed by atoms with van der Waals surface area (Å²) in [5.74, 6) is -1.59. The van der Waals surface area contributed by atoms with Crippen molar-refractivity contribution in [2.45, 2.75) is 0 Å². The molecule has 1 heterocycles. The molecule has 0 bridgehead atoms. The Morgan fingerprint density at radius 1 is 1.39 bits per heavy atom. The van der Waals surface area contributed by atoms with Gasteiger partial charge in [0.1, 0.15) is 5.69 Å². The van der Waals surface area contributed by atoms with Crippen molar-refractivity contribution in [3.8, 4) is 0 Å². The number of pyridine rings is 1. The summed E-state index contributed by atoms with van der Waals surface area (Å²) in [6, 6.07) is 2.18. The van der Waals surface area contributed by atoms with E-state index >= 15 is 0 Å². The van der Waals surface area contributed by atoms with E-state index in [-0.39, 0.29) is 26.6 Å².